The van der Waals surface area contributed by atoms with Crippen LogP contribution < -0.4 is 5.32 Å². The molecule has 1 heterocycles. The maximum absolute atomic E-state index is 12.3. The second-order valence-electron chi connectivity index (χ2n) is 5.22. The van der Waals surface area contributed by atoms with Gasteiger partial charge in [0, 0.05) is 26.0 Å². The maximum atomic E-state index is 12.3. The number of pyridine rings is 1. The molecule has 2 aromatic rings. The third kappa shape index (κ3) is 4.81. The number of rotatable bonds is 6. The van der Waals surface area contributed by atoms with Crippen LogP contribution in [0.5, 0.6) is 0 Å². The Hall–Kier alpha value is -2.89. The number of para-hydroxylation sites is 1. The fourth-order valence-corrected chi connectivity index (χ4v) is 2.14. The summed E-state index contributed by atoms with van der Waals surface area (Å²) in [5.74, 6) is -0.451. The number of likely N-dealkylation sites (N-methyl/N-ethyl adjacent to an activating group) is 1. The lowest BCUT2D eigenvalue weighted by Gasteiger charge is -2.19. The van der Waals surface area contributed by atoms with Gasteiger partial charge in [0.05, 0.1) is 17.9 Å². The Morgan fingerprint density at radius 3 is 2.58 bits per heavy atom. The summed E-state index contributed by atoms with van der Waals surface area (Å²) >= 11 is 0. The Morgan fingerprint density at radius 1 is 1.17 bits per heavy atom. The molecule has 24 heavy (non-hydrogen) atoms. The number of urea groups is 1. The zero-order valence-corrected chi connectivity index (χ0v) is 13.9. The Bertz CT molecular complexity index is 689. The first-order chi connectivity index (χ1) is 11.6. The molecule has 1 aromatic heterocycles. The van der Waals surface area contributed by atoms with Gasteiger partial charge in [0.2, 0.25) is 0 Å². The topological polar surface area (TPSA) is 71.5 Å². The van der Waals surface area contributed by atoms with E-state index in [0.717, 1.165) is 12.0 Å². The molecule has 0 atom stereocenters. The number of esters is 1. The summed E-state index contributed by atoms with van der Waals surface area (Å²) in [4.78, 5) is 29.8. The molecular weight excluding hydrogens is 306 g/mol. The third-order valence-corrected chi connectivity index (χ3v) is 3.50. The average molecular weight is 327 g/mol. The lowest BCUT2D eigenvalue weighted by molar-refractivity contribution is 0.0527. The second kappa shape index (κ2) is 8.67. The first-order valence-electron chi connectivity index (χ1n) is 7.79. The van der Waals surface area contributed by atoms with E-state index in [1.807, 2.05) is 12.1 Å². The van der Waals surface area contributed by atoms with Gasteiger partial charge in [-0.1, -0.05) is 12.1 Å². The van der Waals surface area contributed by atoms with E-state index in [4.69, 9.17) is 4.74 Å². The molecule has 0 aliphatic carbocycles. The second-order valence-corrected chi connectivity index (χ2v) is 5.22. The van der Waals surface area contributed by atoms with E-state index in [1.165, 1.54) is 0 Å². The third-order valence-electron chi connectivity index (χ3n) is 3.50. The summed E-state index contributed by atoms with van der Waals surface area (Å²) in [6.45, 7) is 2.58. The van der Waals surface area contributed by atoms with E-state index in [1.54, 1.807) is 55.5 Å². The number of ether oxygens (including phenoxy) is 1. The van der Waals surface area contributed by atoms with Gasteiger partial charge in [-0.15, -0.1) is 0 Å². The first kappa shape index (κ1) is 17.5. The molecule has 1 N–H and O–H groups in total. The molecule has 2 rings (SSSR count). The zero-order valence-electron chi connectivity index (χ0n) is 13.9. The number of hydrogen-bond acceptors (Lipinski definition) is 4. The van der Waals surface area contributed by atoms with Crippen molar-refractivity contribution in [2.24, 2.45) is 0 Å². The van der Waals surface area contributed by atoms with E-state index in [9.17, 15) is 9.59 Å². The van der Waals surface area contributed by atoms with Gasteiger partial charge in [-0.2, -0.15) is 0 Å². The van der Waals surface area contributed by atoms with Gasteiger partial charge >= 0.3 is 12.0 Å². The van der Waals surface area contributed by atoms with Crippen LogP contribution in [-0.2, 0) is 11.2 Å². The van der Waals surface area contributed by atoms with E-state index in [-0.39, 0.29) is 12.6 Å². The van der Waals surface area contributed by atoms with Crippen molar-refractivity contribution in [3.8, 4) is 0 Å². The van der Waals surface area contributed by atoms with Crippen molar-refractivity contribution in [2.45, 2.75) is 13.3 Å². The summed E-state index contributed by atoms with van der Waals surface area (Å²) in [6, 6.07) is 10.4. The van der Waals surface area contributed by atoms with E-state index in [0.29, 0.717) is 17.8 Å². The molecule has 0 unspecified atom stereocenters. The molecule has 0 aliphatic rings. The summed E-state index contributed by atoms with van der Waals surface area (Å²) < 4.78 is 5.01. The molecule has 0 radical (unpaired) electrons. The highest BCUT2D eigenvalue weighted by molar-refractivity contribution is 6.00. The van der Waals surface area contributed by atoms with Crippen molar-refractivity contribution in [2.75, 3.05) is 25.5 Å². The SMILES string of the molecule is CCOC(=O)c1ccccc1NC(=O)N(C)CCc1ccncc1. The van der Waals surface area contributed by atoms with Crippen LogP contribution in [0.15, 0.2) is 48.8 Å². The number of benzene rings is 1. The van der Waals surface area contributed by atoms with E-state index < -0.39 is 5.97 Å². The molecule has 6 nitrogen and oxygen atoms in total. The van der Waals surface area contributed by atoms with Crippen molar-refractivity contribution < 1.29 is 14.3 Å². The number of anilines is 1. The normalized spacial score (nSPS) is 10.1. The summed E-state index contributed by atoms with van der Waals surface area (Å²) in [5.41, 5.74) is 1.89. The average Bonchev–Trinajstić information content (AvgIpc) is 2.61. The Morgan fingerprint density at radius 2 is 1.88 bits per heavy atom. The zero-order chi connectivity index (χ0) is 17.4. The molecule has 6 heteroatoms. The fraction of sp³-hybridized carbons (Fsp3) is 0.278. The summed E-state index contributed by atoms with van der Waals surface area (Å²) in [7, 11) is 1.71. The number of amides is 2. The molecule has 0 saturated carbocycles. The van der Waals surface area contributed by atoms with Crippen molar-refractivity contribution in [3.63, 3.8) is 0 Å². The van der Waals surface area contributed by atoms with Gasteiger partial charge in [0.1, 0.15) is 0 Å². The molecule has 1 aromatic carbocycles. The van der Waals surface area contributed by atoms with Crippen LogP contribution in [0.25, 0.3) is 0 Å². The minimum absolute atomic E-state index is 0.277. The number of carbonyl (C=O) groups is 2. The molecule has 0 spiro atoms. The Balaban J connectivity index is 1.97. The highest BCUT2D eigenvalue weighted by Gasteiger charge is 2.15. The van der Waals surface area contributed by atoms with Crippen molar-refractivity contribution in [1.82, 2.24) is 9.88 Å². The van der Waals surface area contributed by atoms with Crippen molar-refractivity contribution in [3.05, 3.63) is 59.9 Å². The molecule has 126 valence electrons. The van der Waals surface area contributed by atoms with Crippen molar-refractivity contribution in [1.29, 1.82) is 0 Å². The van der Waals surface area contributed by atoms with Crippen LogP contribution in [0, 0.1) is 0 Å². The van der Waals surface area contributed by atoms with Gasteiger partial charge in [-0.05, 0) is 43.2 Å². The molecule has 0 saturated heterocycles. The first-order valence-corrected chi connectivity index (χ1v) is 7.79. The number of hydrogen-bond donors (Lipinski definition) is 1. The van der Waals surface area contributed by atoms with Crippen LogP contribution in [0.3, 0.4) is 0 Å². The minimum atomic E-state index is -0.451. The largest absolute Gasteiger partial charge is 0.462 e. The van der Waals surface area contributed by atoms with Crippen LogP contribution in [-0.4, -0.2) is 42.1 Å². The Kier molecular flexibility index (Phi) is 6.31. The summed E-state index contributed by atoms with van der Waals surface area (Å²) in [6.07, 6.45) is 4.18. The number of nitrogens with zero attached hydrogens (tertiary/aromatic N) is 2. The van der Waals surface area contributed by atoms with Gasteiger partial charge < -0.3 is 15.0 Å². The van der Waals surface area contributed by atoms with Crippen molar-refractivity contribution >= 4 is 17.7 Å². The minimum Gasteiger partial charge on any atom is -0.462 e. The van der Waals surface area contributed by atoms with Crippen LogP contribution in [0.1, 0.15) is 22.8 Å². The monoisotopic (exact) mass is 327 g/mol. The fourth-order valence-electron chi connectivity index (χ4n) is 2.14. The number of aromatic nitrogens is 1. The highest BCUT2D eigenvalue weighted by Crippen LogP contribution is 2.16. The Labute approximate surface area is 141 Å². The predicted octanol–water partition coefficient (Wildman–Crippen LogP) is 2.96. The van der Waals surface area contributed by atoms with Gasteiger partial charge in [-0.3, -0.25) is 4.98 Å². The van der Waals surface area contributed by atoms with E-state index >= 15 is 0 Å². The smallest absolute Gasteiger partial charge is 0.340 e. The van der Waals surface area contributed by atoms with Crippen LogP contribution in [0.4, 0.5) is 10.5 Å². The van der Waals surface area contributed by atoms with Gasteiger partial charge in [0.15, 0.2) is 0 Å². The quantitative estimate of drug-likeness (QED) is 0.828. The molecule has 0 fully saturated rings. The molecule has 0 aliphatic heterocycles. The lowest BCUT2D eigenvalue weighted by atomic mass is 10.2. The van der Waals surface area contributed by atoms with Crippen LogP contribution >= 0.6 is 0 Å². The maximum Gasteiger partial charge on any atom is 0.340 e. The summed E-state index contributed by atoms with van der Waals surface area (Å²) in [5, 5.41) is 2.76. The lowest BCUT2D eigenvalue weighted by Crippen LogP contribution is -2.33. The molecular formula is C18H21N3O3. The van der Waals surface area contributed by atoms with E-state index in [2.05, 4.69) is 10.3 Å². The molecule has 0 bridgehead atoms. The standard InChI is InChI=1S/C18H21N3O3/c1-3-24-17(22)15-6-4-5-7-16(15)20-18(23)21(2)13-10-14-8-11-19-12-9-14/h4-9,11-12H,3,10,13H2,1-2H3,(H,20,23). The van der Waals surface area contributed by atoms with Gasteiger partial charge in [0.25, 0.3) is 0 Å². The van der Waals surface area contributed by atoms with Crippen LogP contribution in [0.2, 0.25) is 0 Å². The highest BCUT2D eigenvalue weighted by atomic mass is 16.5. The predicted molar refractivity (Wildman–Crippen MR) is 92.0 cm³/mol. The van der Waals surface area contributed by atoms with Gasteiger partial charge in [-0.25, -0.2) is 9.59 Å². The number of nitrogens with one attached hydrogen (secondary N) is 1. The number of carbonyl (C=O) groups excluding carboxylic acids is 2. The molecule has 2 amide bonds.